The number of benzene rings is 1. The third-order valence-corrected chi connectivity index (χ3v) is 3.83. The van der Waals surface area contributed by atoms with Crippen LogP contribution in [0.1, 0.15) is 32.4 Å². The number of halogens is 2. The van der Waals surface area contributed by atoms with Crippen molar-refractivity contribution in [2.45, 2.75) is 26.8 Å². The van der Waals surface area contributed by atoms with E-state index >= 15 is 0 Å². The van der Waals surface area contributed by atoms with Crippen LogP contribution < -0.4 is 10.6 Å². The van der Waals surface area contributed by atoms with Gasteiger partial charge in [-0.1, -0.05) is 13.8 Å². The molecule has 0 bridgehead atoms. The van der Waals surface area contributed by atoms with E-state index < -0.39 is 34.3 Å². The Kier molecular flexibility index (Phi) is 5.86. The molecule has 0 aliphatic carbocycles. The molecule has 2 rings (SSSR count). The fourth-order valence-electron chi connectivity index (χ4n) is 2.43. The first kappa shape index (κ1) is 19.7. The molecule has 1 atom stereocenters. The maximum Gasteiger partial charge on any atom is 0.338 e. The largest absolute Gasteiger partial charge is 0.462 e. The molecule has 140 valence electrons. The van der Waals surface area contributed by atoms with Gasteiger partial charge >= 0.3 is 11.7 Å². The first-order chi connectivity index (χ1) is 12.1. The molecule has 1 aromatic carbocycles. The van der Waals surface area contributed by atoms with Crippen molar-refractivity contribution in [2.75, 3.05) is 6.61 Å². The SMILES string of the molecule is CC1=C(C(=O)OCC(C)C)C(c2cc([N+](=O)[O-])c(F)cc2F)NC(=S)N1. The number of nitro benzene ring substituents is 1. The van der Waals surface area contributed by atoms with Gasteiger partial charge in [-0.15, -0.1) is 0 Å². The second kappa shape index (κ2) is 7.73. The van der Waals surface area contributed by atoms with E-state index in [9.17, 15) is 23.7 Å². The summed E-state index contributed by atoms with van der Waals surface area (Å²) in [6, 6.07) is 0.00837. The highest BCUT2D eigenvalue weighted by molar-refractivity contribution is 7.80. The van der Waals surface area contributed by atoms with Crippen LogP contribution in [0.4, 0.5) is 14.5 Å². The van der Waals surface area contributed by atoms with E-state index in [1.807, 2.05) is 13.8 Å². The van der Waals surface area contributed by atoms with Crippen LogP contribution >= 0.6 is 12.2 Å². The highest BCUT2D eigenvalue weighted by atomic mass is 32.1. The van der Waals surface area contributed by atoms with Gasteiger partial charge in [-0.3, -0.25) is 10.1 Å². The summed E-state index contributed by atoms with van der Waals surface area (Å²) in [4.78, 5) is 22.5. The molecule has 0 aromatic heterocycles. The normalized spacial score (nSPS) is 17.0. The number of allylic oxidation sites excluding steroid dienone is 1. The smallest absolute Gasteiger partial charge is 0.338 e. The standard InChI is InChI=1S/C16H17F2N3O4S/c1-7(2)6-25-15(22)13-8(3)19-16(26)20-14(13)9-4-12(21(23)24)11(18)5-10(9)17/h4-5,7,14H,6H2,1-3H3,(H2,19,20,26). The number of nitrogens with zero attached hydrogens (tertiary/aromatic N) is 1. The summed E-state index contributed by atoms with van der Waals surface area (Å²) in [7, 11) is 0. The zero-order chi connectivity index (χ0) is 19.6. The molecule has 2 N–H and O–H groups in total. The number of thiocarbonyl (C=S) groups is 1. The molecular weight excluding hydrogens is 368 g/mol. The zero-order valence-corrected chi connectivity index (χ0v) is 15.1. The number of nitro groups is 1. The molecule has 26 heavy (non-hydrogen) atoms. The second-order valence-corrected chi connectivity index (χ2v) is 6.55. The van der Waals surface area contributed by atoms with Crippen molar-refractivity contribution in [2.24, 2.45) is 5.92 Å². The maximum atomic E-state index is 14.3. The van der Waals surface area contributed by atoms with Crippen LogP contribution in [0.3, 0.4) is 0 Å². The lowest BCUT2D eigenvalue weighted by atomic mass is 9.94. The minimum atomic E-state index is -1.31. The van der Waals surface area contributed by atoms with Crippen LogP contribution in [0.5, 0.6) is 0 Å². The molecule has 0 spiro atoms. The molecule has 10 heteroatoms. The monoisotopic (exact) mass is 385 g/mol. The Balaban J connectivity index is 2.52. The Hall–Kier alpha value is -2.62. The summed E-state index contributed by atoms with van der Waals surface area (Å²) in [5.74, 6) is -3.00. The summed E-state index contributed by atoms with van der Waals surface area (Å²) >= 11 is 5.02. The number of esters is 1. The van der Waals surface area contributed by atoms with Gasteiger partial charge in [-0.2, -0.15) is 4.39 Å². The average Bonchev–Trinajstić information content (AvgIpc) is 2.51. The van der Waals surface area contributed by atoms with Crippen molar-refractivity contribution in [3.63, 3.8) is 0 Å². The Morgan fingerprint density at radius 3 is 2.62 bits per heavy atom. The van der Waals surface area contributed by atoms with E-state index in [1.54, 1.807) is 6.92 Å². The number of nitrogens with one attached hydrogen (secondary N) is 2. The van der Waals surface area contributed by atoms with Gasteiger partial charge in [0.15, 0.2) is 5.11 Å². The number of rotatable bonds is 5. The minimum Gasteiger partial charge on any atom is -0.462 e. The molecule has 1 aliphatic rings. The molecule has 1 heterocycles. The summed E-state index contributed by atoms with van der Waals surface area (Å²) in [6.45, 7) is 5.38. The van der Waals surface area contributed by atoms with Gasteiger partial charge in [0, 0.05) is 23.4 Å². The molecule has 1 aromatic rings. The molecule has 0 radical (unpaired) electrons. The first-order valence-electron chi connectivity index (χ1n) is 7.70. The van der Waals surface area contributed by atoms with Crippen LogP contribution in [-0.2, 0) is 9.53 Å². The van der Waals surface area contributed by atoms with E-state index in [0.717, 1.165) is 6.07 Å². The van der Waals surface area contributed by atoms with Gasteiger partial charge in [0.25, 0.3) is 0 Å². The summed E-state index contributed by atoms with van der Waals surface area (Å²) < 4.78 is 33.2. The molecular formula is C16H17F2N3O4S. The summed E-state index contributed by atoms with van der Waals surface area (Å²) in [5, 5.41) is 16.5. The van der Waals surface area contributed by atoms with Crippen molar-refractivity contribution in [1.29, 1.82) is 0 Å². The summed E-state index contributed by atoms with van der Waals surface area (Å²) in [6.07, 6.45) is 0. The van der Waals surface area contributed by atoms with E-state index in [4.69, 9.17) is 17.0 Å². The lowest BCUT2D eigenvalue weighted by Gasteiger charge is -2.30. The predicted molar refractivity (Wildman–Crippen MR) is 93.1 cm³/mol. The highest BCUT2D eigenvalue weighted by Gasteiger charge is 2.34. The number of ether oxygens (including phenoxy) is 1. The van der Waals surface area contributed by atoms with Crippen LogP contribution in [0, 0.1) is 27.7 Å². The molecule has 0 saturated carbocycles. The highest BCUT2D eigenvalue weighted by Crippen LogP contribution is 2.33. The first-order valence-corrected chi connectivity index (χ1v) is 8.11. The second-order valence-electron chi connectivity index (χ2n) is 6.14. The number of carbonyl (C=O) groups is 1. The molecule has 1 aliphatic heterocycles. The zero-order valence-electron chi connectivity index (χ0n) is 14.3. The fourth-order valence-corrected chi connectivity index (χ4v) is 2.70. The molecule has 7 nitrogen and oxygen atoms in total. The van der Waals surface area contributed by atoms with E-state index in [2.05, 4.69) is 10.6 Å². The van der Waals surface area contributed by atoms with Gasteiger partial charge in [0.1, 0.15) is 5.82 Å². The number of carbonyl (C=O) groups excluding carboxylic acids is 1. The Morgan fingerprint density at radius 2 is 2.04 bits per heavy atom. The van der Waals surface area contributed by atoms with Crippen LogP contribution in [0.2, 0.25) is 0 Å². The predicted octanol–water partition coefficient (Wildman–Crippen LogP) is 2.87. The van der Waals surface area contributed by atoms with Gasteiger partial charge in [-0.05, 0) is 25.1 Å². The third kappa shape index (κ3) is 4.13. The van der Waals surface area contributed by atoms with Gasteiger partial charge < -0.3 is 15.4 Å². The van der Waals surface area contributed by atoms with Crippen molar-refractivity contribution in [3.8, 4) is 0 Å². The average molecular weight is 385 g/mol. The van der Waals surface area contributed by atoms with Crippen LogP contribution in [0.15, 0.2) is 23.4 Å². The Bertz CT molecular complexity index is 811. The third-order valence-electron chi connectivity index (χ3n) is 3.61. The maximum absolute atomic E-state index is 14.3. The van der Waals surface area contributed by atoms with Crippen LogP contribution in [-0.4, -0.2) is 22.6 Å². The Morgan fingerprint density at radius 1 is 1.38 bits per heavy atom. The van der Waals surface area contributed by atoms with Gasteiger partial charge in [0.05, 0.1) is 23.1 Å². The van der Waals surface area contributed by atoms with Crippen molar-refractivity contribution < 1.29 is 23.2 Å². The number of hydrogen-bond donors (Lipinski definition) is 2. The van der Waals surface area contributed by atoms with Gasteiger partial charge in [0.2, 0.25) is 5.82 Å². The lowest BCUT2D eigenvalue weighted by Crippen LogP contribution is -2.45. The fraction of sp³-hybridized carbons (Fsp3) is 0.375. The minimum absolute atomic E-state index is 0.0130. The van der Waals surface area contributed by atoms with Gasteiger partial charge in [-0.25, -0.2) is 9.18 Å². The molecule has 0 amide bonds. The van der Waals surface area contributed by atoms with E-state index in [1.165, 1.54) is 0 Å². The van der Waals surface area contributed by atoms with Crippen molar-refractivity contribution in [3.05, 3.63) is 50.7 Å². The molecule has 0 saturated heterocycles. The Labute approximate surface area is 153 Å². The topological polar surface area (TPSA) is 93.5 Å². The number of hydrogen-bond acceptors (Lipinski definition) is 5. The molecule has 0 fully saturated rings. The van der Waals surface area contributed by atoms with Crippen molar-refractivity contribution in [1.82, 2.24) is 10.6 Å². The van der Waals surface area contributed by atoms with E-state index in [-0.39, 0.29) is 28.8 Å². The molecule has 1 unspecified atom stereocenters. The van der Waals surface area contributed by atoms with Crippen molar-refractivity contribution >= 4 is 29.0 Å². The quantitative estimate of drug-likeness (QED) is 0.348. The lowest BCUT2D eigenvalue weighted by molar-refractivity contribution is -0.387. The van der Waals surface area contributed by atoms with Crippen LogP contribution in [0.25, 0.3) is 0 Å². The van der Waals surface area contributed by atoms with E-state index in [0.29, 0.717) is 11.8 Å². The summed E-state index contributed by atoms with van der Waals surface area (Å²) in [5.41, 5.74) is -0.851.